The summed E-state index contributed by atoms with van der Waals surface area (Å²) in [6, 6.07) is 13.4. The molecular formula is C21H22FN3O2. The molecule has 1 unspecified atom stereocenters. The number of rotatable bonds is 3. The van der Waals surface area contributed by atoms with E-state index in [4.69, 9.17) is 0 Å². The largest absolute Gasteiger partial charge is 0.368 e. The predicted molar refractivity (Wildman–Crippen MR) is 101 cm³/mol. The first-order chi connectivity index (χ1) is 13.0. The Labute approximate surface area is 158 Å². The number of anilines is 1. The molecule has 2 amide bonds. The fourth-order valence-corrected chi connectivity index (χ4v) is 3.82. The maximum absolute atomic E-state index is 13.1. The van der Waals surface area contributed by atoms with Crippen LogP contribution in [-0.4, -0.2) is 53.8 Å². The van der Waals surface area contributed by atoms with Crippen molar-refractivity contribution in [3.8, 4) is 0 Å². The second-order valence-corrected chi connectivity index (χ2v) is 7.05. The highest BCUT2D eigenvalue weighted by atomic mass is 19.1. The molecule has 1 saturated heterocycles. The van der Waals surface area contributed by atoms with Crippen molar-refractivity contribution >= 4 is 17.5 Å². The lowest BCUT2D eigenvalue weighted by atomic mass is 10.1. The van der Waals surface area contributed by atoms with E-state index < -0.39 is 6.04 Å². The van der Waals surface area contributed by atoms with Gasteiger partial charge in [0.15, 0.2) is 0 Å². The molecule has 0 saturated carbocycles. The van der Waals surface area contributed by atoms with Crippen LogP contribution in [0.15, 0.2) is 48.5 Å². The lowest BCUT2D eigenvalue weighted by molar-refractivity contribution is -0.136. The van der Waals surface area contributed by atoms with Crippen molar-refractivity contribution in [2.24, 2.45) is 0 Å². The molecule has 0 N–H and O–H groups in total. The van der Waals surface area contributed by atoms with Gasteiger partial charge in [-0.3, -0.25) is 9.59 Å². The van der Waals surface area contributed by atoms with Gasteiger partial charge in [0, 0.05) is 44.0 Å². The lowest BCUT2D eigenvalue weighted by Gasteiger charge is -2.38. The zero-order valence-corrected chi connectivity index (χ0v) is 15.3. The topological polar surface area (TPSA) is 43.9 Å². The summed E-state index contributed by atoms with van der Waals surface area (Å²) in [5.74, 6) is -0.344. The van der Waals surface area contributed by atoms with E-state index in [1.54, 1.807) is 24.0 Å². The van der Waals surface area contributed by atoms with E-state index in [-0.39, 0.29) is 17.6 Å². The van der Waals surface area contributed by atoms with Crippen LogP contribution in [0.2, 0.25) is 0 Å². The van der Waals surface area contributed by atoms with E-state index in [0.717, 1.165) is 11.3 Å². The summed E-state index contributed by atoms with van der Waals surface area (Å²) >= 11 is 0. The van der Waals surface area contributed by atoms with Crippen LogP contribution < -0.4 is 4.90 Å². The van der Waals surface area contributed by atoms with Gasteiger partial charge in [0.1, 0.15) is 11.9 Å². The van der Waals surface area contributed by atoms with Crippen LogP contribution in [0.3, 0.4) is 0 Å². The number of hydrogen-bond acceptors (Lipinski definition) is 3. The normalized spacial score (nSPS) is 17.9. The van der Waals surface area contributed by atoms with E-state index in [2.05, 4.69) is 4.90 Å². The minimum atomic E-state index is -0.484. The average molecular weight is 367 g/mol. The molecule has 0 radical (unpaired) electrons. The molecule has 27 heavy (non-hydrogen) atoms. The molecular weight excluding hydrogens is 345 g/mol. The summed E-state index contributed by atoms with van der Waals surface area (Å²) in [5.41, 5.74) is 2.63. The van der Waals surface area contributed by atoms with Crippen molar-refractivity contribution in [3.05, 3.63) is 65.5 Å². The van der Waals surface area contributed by atoms with Gasteiger partial charge in [-0.15, -0.1) is 0 Å². The average Bonchev–Trinajstić information content (AvgIpc) is 3.04. The molecule has 0 spiro atoms. The monoisotopic (exact) mass is 367 g/mol. The van der Waals surface area contributed by atoms with Crippen LogP contribution in [0.4, 0.5) is 10.1 Å². The van der Waals surface area contributed by atoms with Gasteiger partial charge < -0.3 is 14.7 Å². The van der Waals surface area contributed by atoms with Crippen molar-refractivity contribution in [2.45, 2.75) is 19.5 Å². The summed E-state index contributed by atoms with van der Waals surface area (Å²) in [6.07, 6.45) is 0. The molecule has 2 heterocycles. The van der Waals surface area contributed by atoms with Gasteiger partial charge in [-0.1, -0.05) is 18.2 Å². The summed E-state index contributed by atoms with van der Waals surface area (Å²) < 4.78 is 13.1. The molecule has 1 fully saturated rings. The van der Waals surface area contributed by atoms with E-state index >= 15 is 0 Å². The van der Waals surface area contributed by atoms with Crippen molar-refractivity contribution in [1.29, 1.82) is 0 Å². The number of carbonyl (C=O) groups excluding carboxylic acids is 2. The summed E-state index contributed by atoms with van der Waals surface area (Å²) in [4.78, 5) is 31.2. The Balaban J connectivity index is 1.38. The Kier molecular flexibility index (Phi) is 4.56. The molecule has 2 aliphatic heterocycles. The van der Waals surface area contributed by atoms with Gasteiger partial charge in [-0.2, -0.15) is 0 Å². The third-order valence-corrected chi connectivity index (χ3v) is 5.46. The molecule has 2 aromatic carbocycles. The first-order valence-corrected chi connectivity index (χ1v) is 9.23. The highest BCUT2D eigenvalue weighted by Gasteiger charge is 2.36. The van der Waals surface area contributed by atoms with Gasteiger partial charge >= 0.3 is 0 Å². The van der Waals surface area contributed by atoms with Crippen LogP contribution in [-0.2, 0) is 11.3 Å². The van der Waals surface area contributed by atoms with Gasteiger partial charge in [0.2, 0.25) is 5.91 Å². The van der Waals surface area contributed by atoms with Gasteiger partial charge in [-0.05, 0) is 42.8 Å². The standard InChI is InChI=1S/C21H22FN3O2/c1-15(25-14-16-4-2-3-5-19(16)21(25)27)20(26)24-12-10-23(11-13-24)18-8-6-17(22)7-9-18/h2-9,15H,10-14H2,1H3. The summed E-state index contributed by atoms with van der Waals surface area (Å²) in [7, 11) is 0. The van der Waals surface area contributed by atoms with E-state index in [1.807, 2.05) is 29.2 Å². The van der Waals surface area contributed by atoms with Crippen molar-refractivity contribution in [1.82, 2.24) is 9.80 Å². The van der Waals surface area contributed by atoms with E-state index in [9.17, 15) is 14.0 Å². The van der Waals surface area contributed by atoms with Crippen molar-refractivity contribution < 1.29 is 14.0 Å². The molecule has 5 nitrogen and oxygen atoms in total. The Bertz CT molecular complexity index is 860. The number of carbonyl (C=O) groups is 2. The molecule has 140 valence electrons. The molecule has 1 atom stereocenters. The fourth-order valence-electron chi connectivity index (χ4n) is 3.82. The highest BCUT2D eigenvalue weighted by molar-refractivity contribution is 6.01. The first kappa shape index (κ1) is 17.5. The zero-order chi connectivity index (χ0) is 19.0. The number of benzene rings is 2. The Morgan fingerprint density at radius 1 is 1.00 bits per heavy atom. The smallest absolute Gasteiger partial charge is 0.255 e. The van der Waals surface area contributed by atoms with Crippen LogP contribution in [0.1, 0.15) is 22.8 Å². The van der Waals surface area contributed by atoms with Crippen molar-refractivity contribution in [2.75, 3.05) is 31.1 Å². The third-order valence-electron chi connectivity index (χ3n) is 5.46. The second kappa shape index (κ2) is 7.02. The number of halogens is 1. The number of piperazine rings is 1. The Morgan fingerprint density at radius 2 is 1.67 bits per heavy atom. The second-order valence-electron chi connectivity index (χ2n) is 7.05. The number of amides is 2. The number of fused-ring (bicyclic) bond motifs is 1. The van der Waals surface area contributed by atoms with Gasteiger partial charge in [0.05, 0.1) is 0 Å². The zero-order valence-electron chi connectivity index (χ0n) is 15.3. The molecule has 2 aromatic rings. The van der Waals surface area contributed by atoms with E-state index in [0.29, 0.717) is 38.3 Å². The lowest BCUT2D eigenvalue weighted by Crippen LogP contribution is -2.54. The number of hydrogen-bond donors (Lipinski definition) is 0. The SMILES string of the molecule is CC(C(=O)N1CCN(c2ccc(F)cc2)CC1)N1Cc2ccccc2C1=O. The fraction of sp³-hybridized carbons (Fsp3) is 0.333. The molecule has 0 aromatic heterocycles. The third kappa shape index (κ3) is 3.27. The quantitative estimate of drug-likeness (QED) is 0.837. The molecule has 2 aliphatic rings. The van der Waals surface area contributed by atoms with Gasteiger partial charge in [0.25, 0.3) is 5.91 Å². The maximum Gasteiger partial charge on any atom is 0.255 e. The molecule has 6 heteroatoms. The predicted octanol–water partition coefficient (Wildman–Crippen LogP) is 2.52. The minimum absolute atomic E-state index is 0.0186. The highest BCUT2D eigenvalue weighted by Crippen LogP contribution is 2.25. The van der Waals surface area contributed by atoms with Crippen molar-refractivity contribution in [3.63, 3.8) is 0 Å². The maximum atomic E-state index is 13.1. The Hall–Kier alpha value is -2.89. The molecule has 4 rings (SSSR count). The Morgan fingerprint density at radius 3 is 2.33 bits per heavy atom. The summed E-state index contributed by atoms with van der Waals surface area (Å²) in [5, 5.41) is 0. The van der Waals surface area contributed by atoms with Gasteiger partial charge in [-0.25, -0.2) is 4.39 Å². The molecule has 0 aliphatic carbocycles. The van der Waals surface area contributed by atoms with Crippen LogP contribution >= 0.6 is 0 Å². The first-order valence-electron chi connectivity index (χ1n) is 9.23. The summed E-state index contributed by atoms with van der Waals surface area (Å²) in [6.45, 7) is 4.86. The minimum Gasteiger partial charge on any atom is -0.368 e. The van der Waals surface area contributed by atoms with Crippen LogP contribution in [0, 0.1) is 5.82 Å². The van der Waals surface area contributed by atoms with E-state index in [1.165, 1.54) is 12.1 Å². The number of nitrogens with zero attached hydrogens (tertiary/aromatic N) is 3. The van der Waals surface area contributed by atoms with Crippen LogP contribution in [0.5, 0.6) is 0 Å². The molecule has 0 bridgehead atoms. The van der Waals surface area contributed by atoms with Crippen LogP contribution in [0.25, 0.3) is 0 Å².